The summed E-state index contributed by atoms with van der Waals surface area (Å²) in [6.45, 7) is 5.55. The van der Waals surface area contributed by atoms with Crippen LogP contribution in [0.1, 0.15) is 41.4 Å². The van der Waals surface area contributed by atoms with Crippen LogP contribution in [0.3, 0.4) is 0 Å². The number of hydrogen-bond donors (Lipinski definition) is 0. The van der Waals surface area contributed by atoms with Crippen molar-refractivity contribution in [3.05, 3.63) is 59.2 Å². The van der Waals surface area contributed by atoms with Crippen LogP contribution in [0, 0.1) is 0 Å². The smallest absolute Gasteiger partial charge is 0.254 e. The van der Waals surface area contributed by atoms with E-state index in [-0.39, 0.29) is 29.8 Å². The summed E-state index contributed by atoms with van der Waals surface area (Å²) in [6, 6.07) is 13.2. The lowest BCUT2D eigenvalue weighted by Crippen LogP contribution is -2.58. The number of ether oxygens (including phenoxy) is 2. The normalized spacial score (nSPS) is 20.0. The molecule has 0 saturated carbocycles. The highest BCUT2D eigenvalue weighted by atomic mass is 16.5. The van der Waals surface area contributed by atoms with Crippen LogP contribution in [0.4, 0.5) is 0 Å². The van der Waals surface area contributed by atoms with Crippen molar-refractivity contribution in [1.29, 1.82) is 0 Å². The van der Waals surface area contributed by atoms with E-state index in [0.717, 1.165) is 5.56 Å². The lowest BCUT2D eigenvalue weighted by atomic mass is 9.75. The Kier molecular flexibility index (Phi) is 4.73. The fourth-order valence-electron chi connectivity index (χ4n) is 4.49. The van der Waals surface area contributed by atoms with Gasteiger partial charge in [-0.05, 0) is 29.3 Å². The zero-order valence-corrected chi connectivity index (χ0v) is 17.3. The summed E-state index contributed by atoms with van der Waals surface area (Å²) in [5, 5.41) is 0. The minimum Gasteiger partial charge on any atom is -0.493 e. The number of nitrogens with zero attached hydrogens (tertiary/aromatic N) is 2. The molecule has 6 nitrogen and oxygen atoms in total. The summed E-state index contributed by atoms with van der Waals surface area (Å²) in [5.41, 5.74) is 2.74. The van der Waals surface area contributed by atoms with E-state index in [1.54, 1.807) is 30.2 Å². The van der Waals surface area contributed by atoms with Crippen molar-refractivity contribution in [2.75, 3.05) is 33.9 Å². The minimum absolute atomic E-state index is 0.0161. The van der Waals surface area contributed by atoms with E-state index >= 15 is 0 Å². The van der Waals surface area contributed by atoms with Gasteiger partial charge in [0.2, 0.25) is 5.91 Å². The lowest BCUT2D eigenvalue weighted by Gasteiger charge is -2.49. The fourth-order valence-corrected chi connectivity index (χ4v) is 4.49. The Morgan fingerprint density at radius 1 is 1.07 bits per heavy atom. The summed E-state index contributed by atoms with van der Waals surface area (Å²) in [5.74, 6) is 0.861. The van der Waals surface area contributed by atoms with Gasteiger partial charge in [-0.2, -0.15) is 0 Å². The Hall–Kier alpha value is -3.02. The Bertz CT molecular complexity index is 969. The first-order valence-corrected chi connectivity index (χ1v) is 9.76. The van der Waals surface area contributed by atoms with E-state index in [1.165, 1.54) is 12.7 Å². The van der Waals surface area contributed by atoms with Crippen LogP contribution in [-0.2, 0) is 10.2 Å². The summed E-state index contributed by atoms with van der Waals surface area (Å²) >= 11 is 0. The van der Waals surface area contributed by atoms with Crippen LogP contribution >= 0.6 is 0 Å². The van der Waals surface area contributed by atoms with Gasteiger partial charge in [-0.25, -0.2) is 0 Å². The summed E-state index contributed by atoms with van der Waals surface area (Å²) in [7, 11) is 3.09. The van der Waals surface area contributed by atoms with Crippen molar-refractivity contribution in [2.45, 2.75) is 25.3 Å². The maximum Gasteiger partial charge on any atom is 0.254 e. The summed E-state index contributed by atoms with van der Waals surface area (Å²) in [4.78, 5) is 29.7. The molecule has 1 unspecified atom stereocenters. The molecule has 0 spiro atoms. The fraction of sp³-hybridized carbons (Fsp3) is 0.391. The maximum absolute atomic E-state index is 13.2. The van der Waals surface area contributed by atoms with E-state index < -0.39 is 0 Å². The van der Waals surface area contributed by atoms with Crippen LogP contribution in [0.15, 0.2) is 42.5 Å². The van der Waals surface area contributed by atoms with Gasteiger partial charge in [0, 0.05) is 24.1 Å². The van der Waals surface area contributed by atoms with Crippen molar-refractivity contribution in [3.63, 3.8) is 0 Å². The average Bonchev–Trinajstić information content (AvgIpc) is 2.73. The molecule has 4 rings (SSSR count). The van der Waals surface area contributed by atoms with Gasteiger partial charge in [0.15, 0.2) is 11.5 Å². The van der Waals surface area contributed by atoms with E-state index in [1.807, 2.05) is 17.0 Å². The monoisotopic (exact) mass is 394 g/mol. The SMILES string of the molecule is COc1ccc(C(=O)N2CC(=O)N3CC(C)(C)c4ccccc4C3C2)cc1OC. The van der Waals surface area contributed by atoms with E-state index in [2.05, 4.69) is 26.0 Å². The molecule has 2 aromatic carbocycles. The molecule has 1 atom stereocenters. The first-order valence-electron chi connectivity index (χ1n) is 9.76. The molecule has 0 N–H and O–H groups in total. The molecule has 2 amide bonds. The second kappa shape index (κ2) is 7.10. The standard InChI is InChI=1S/C23H26N2O4/c1-23(2)14-25-18(16-7-5-6-8-17(16)23)12-24(13-21(25)26)22(27)15-9-10-19(28-3)20(11-15)29-4/h5-11,18H,12-14H2,1-4H3. The van der Waals surface area contributed by atoms with Crippen molar-refractivity contribution < 1.29 is 19.1 Å². The largest absolute Gasteiger partial charge is 0.493 e. The predicted octanol–water partition coefficient (Wildman–Crippen LogP) is 3.02. The molecule has 2 aromatic rings. The van der Waals surface area contributed by atoms with Gasteiger partial charge in [-0.15, -0.1) is 0 Å². The second-order valence-corrected chi connectivity index (χ2v) is 8.26. The van der Waals surface area contributed by atoms with Crippen LogP contribution in [-0.4, -0.2) is 55.5 Å². The Labute approximate surface area is 171 Å². The van der Waals surface area contributed by atoms with Crippen molar-refractivity contribution in [2.24, 2.45) is 0 Å². The molecular weight excluding hydrogens is 368 g/mol. The molecule has 2 aliphatic rings. The minimum atomic E-state index is -0.179. The van der Waals surface area contributed by atoms with Gasteiger partial charge in [0.05, 0.1) is 20.3 Å². The number of carbonyl (C=O) groups excluding carboxylic acids is 2. The van der Waals surface area contributed by atoms with Gasteiger partial charge < -0.3 is 19.3 Å². The van der Waals surface area contributed by atoms with Crippen molar-refractivity contribution in [1.82, 2.24) is 9.80 Å². The molecule has 0 aliphatic carbocycles. The van der Waals surface area contributed by atoms with E-state index in [9.17, 15) is 9.59 Å². The molecule has 0 aromatic heterocycles. The second-order valence-electron chi connectivity index (χ2n) is 8.26. The Morgan fingerprint density at radius 3 is 2.52 bits per heavy atom. The number of benzene rings is 2. The molecule has 1 saturated heterocycles. The third-order valence-corrected chi connectivity index (χ3v) is 5.95. The van der Waals surface area contributed by atoms with Gasteiger partial charge in [0.25, 0.3) is 5.91 Å². The van der Waals surface area contributed by atoms with Crippen LogP contribution in [0.25, 0.3) is 0 Å². The lowest BCUT2D eigenvalue weighted by molar-refractivity contribution is -0.140. The number of fused-ring (bicyclic) bond motifs is 3. The van der Waals surface area contributed by atoms with Crippen molar-refractivity contribution in [3.8, 4) is 11.5 Å². The number of amides is 2. The van der Waals surface area contributed by atoms with Crippen LogP contribution < -0.4 is 9.47 Å². The van der Waals surface area contributed by atoms with Gasteiger partial charge >= 0.3 is 0 Å². The summed E-state index contributed by atoms with van der Waals surface area (Å²) < 4.78 is 10.6. The van der Waals surface area contributed by atoms with Gasteiger partial charge in [0.1, 0.15) is 6.54 Å². The maximum atomic E-state index is 13.2. The number of hydrogen-bond acceptors (Lipinski definition) is 4. The average molecular weight is 394 g/mol. The molecular formula is C23H26N2O4. The number of carbonyl (C=O) groups is 2. The number of rotatable bonds is 3. The molecule has 0 bridgehead atoms. The number of piperazine rings is 1. The summed E-state index contributed by atoms with van der Waals surface area (Å²) in [6.07, 6.45) is 0. The highest BCUT2D eigenvalue weighted by molar-refractivity contribution is 5.98. The van der Waals surface area contributed by atoms with Crippen molar-refractivity contribution >= 4 is 11.8 Å². The molecule has 0 radical (unpaired) electrons. The molecule has 6 heteroatoms. The highest BCUT2D eigenvalue weighted by Gasteiger charge is 2.44. The quantitative estimate of drug-likeness (QED) is 0.803. The predicted molar refractivity (Wildman–Crippen MR) is 109 cm³/mol. The Morgan fingerprint density at radius 2 is 1.79 bits per heavy atom. The van der Waals surface area contributed by atoms with E-state index in [0.29, 0.717) is 30.2 Å². The molecule has 1 fully saturated rings. The zero-order chi connectivity index (χ0) is 20.8. The van der Waals surface area contributed by atoms with Crippen LogP contribution in [0.5, 0.6) is 11.5 Å². The van der Waals surface area contributed by atoms with Gasteiger partial charge in [-0.3, -0.25) is 9.59 Å². The third-order valence-electron chi connectivity index (χ3n) is 5.95. The third kappa shape index (κ3) is 3.22. The molecule has 29 heavy (non-hydrogen) atoms. The number of methoxy groups -OCH3 is 2. The Balaban J connectivity index is 1.66. The van der Waals surface area contributed by atoms with Crippen LogP contribution in [0.2, 0.25) is 0 Å². The highest BCUT2D eigenvalue weighted by Crippen LogP contribution is 2.41. The van der Waals surface area contributed by atoms with E-state index in [4.69, 9.17) is 9.47 Å². The zero-order valence-electron chi connectivity index (χ0n) is 17.3. The molecule has 152 valence electrons. The molecule has 2 heterocycles. The van der Waals surface area contributed by atoms with Gasteiger partial charge in [-0.1, -0.05) is 38.1 Å². The topological polar surface area (TPSA) is 59.1 Å². The first-order chi connectivity index (χ1) is 13.9. The first kappa shape index (κ1) is 19.3. The molecule has 2 aliphatic heterocycles.